The van der Waals surface area contributed by atoms with Crippen molar-refractivity contribution in [1.29, 1.82) is 0 Å². The van der Waals surface area contributed by atoms with Gasteiger partial charge in [-0.15, -0.1) is 0 Å². The molecule has 1 aromatic heterocycles. The Morgan fingerprint density at radius 3 is 2.46 bits per heavy atom. The van der Waals surface area contributed by atoms with Crippen LogP contribution in [0.3, 0.4) is 0 Å². The normalized spacial score (nSPS) is 15.6. The van der Waals surface area contributed by atoms with Gasteiger partial charge in [0.05, 0.1) is 25.3 Å². The maximum Gasteiger partial charge on any atom is 0.322 e. The Balaban J connectivity index is 1.57. The van der Waals surface area contributed by atoms with E-state index in [1.165, 1.54) is 17.7 Å². The molecule has 1 aliphatic heterocycles. The number of urea groups is 1. The van der Waals surface area contributed by atoms with E-state index in [4.69, 9.17) is 9.26 Å². The third-order valence-corrected chi connectivity index (χ3v) is 6.56. The van der Waals surface area contributed by atoms with Gasteiger partial charge in [-0.2, -0.15) is 4.98 Å². The number of nitrogens with zero attached hydrogens (tertiary/aromatic N) is 3. The van der Waals surface area contributed by atoms with Crippen molar-refractivity contribution in [3.8, 4) is 17.1 Å². The van der Waals surface area contributed by atoms with E-state index in [0.717, 1.165) is 17.5 Å². The average Bonchev–Trinajstić information content (AvgIpc) is 3.41. The summed E-state index contributed by atoms with van der Waals surface area (Å²) in [5.74, 6) is 0.836. The second-order valence-electron chi connectivity index (χ2n) is 8.84. The molecule has 1 N–H and O–H groups in total. The summed E-state index contributed by atoms with van der Waals surface area (Å²) in [5.41, 5.74) is 4.93. The fourth-order valence-electron chi connectivity index (χ4n) is 4.44. The molecule has 1 atom stereocenters. The van der Waals surface area contributed by atoms with Crippen molar-refractivity contribution >= 4 is 11.6 Å². The van der Waals surface area contributed by atoms with Crippen molar-refractivity contribution < 1.29 is 18.4 Å². The smallest absolute Gasteiger partial charge is 0.322 e. The predicted octanol–water partition coefficient (Wildman–Crippen LogP) is 6.14. The Morgan fingerprint density at radius 2 is 1.78 bits per heavy atom. The first-order valence-corrected chi connectivity index (χ1v) is 12.1. The van der Waals surface area contributed by atoms with Gasteiger partial charge in [0, 0.05) is 11.3 Å². The van der Waals surface area contributed by atoms with Crippen LogP contribution in [0.2, 0.25) is 0 Å². The van der Waals surface area contributed by atoms with Crippen LogP contribution in [0.25, 0.3) is 17.0 Å². The summed E-state index contributed by atoms with van der Waals surface area (Å²) in [4.78, 5) is 19.6. The van der Waals surface area contributed by atoms with E-state index in [9.17, 15) is 9.18 Å². The number of benzene rings is 3. The summed E-state index contributed by atoms with van der Waals surface area (Å²) < 4.78 is 24.8. The zero-order chi connectivity index (χ0) is 25.9. The molecule has 0 saturated carbocycles. The van der Waals surface area contributed by atoms with Gasteiger partial charge in [-0.1, -0.05) is 60.6 Å². The Bertz CT molecular complexity index is 1440. The summed E-state index contributed by atoms with van der Waals surface area (Å²) in [5, 5.41) is 7.20. The Morgan fingerprint density at radius 1 is 1.05 bits per heavy atom. The molecular formula is C29H27FN4O3. The fourth-order valence-corrected chi connectivity index (χ4v) is 4.44. The van der Waals surface area contributed by atoms with Crippen LogP contribution < -0.4 is 10.1 Å². The van der Waals surface area contributed by atoms with Crippen molar-refractivity contribution in [3.05, 3.63) is 107 Å². The van der Waals surface area contributed by atoms with Crippen LogP contribution in [-0.4, -0.2) is 28.2 Å². The number of halogens is 1. The third-order valence-electron chi connectivity index (χ3n) is 6.56. The van der Waals surface area contributed by atoms with Crippen LogP contribution in [0, 0.1) is 5.82 Å². The summed E-state index contributed by atoms with van der Waals surface area (Å²) in [7, 11) is 1.60. The maximum absolute atomic E-state index is 13.8. The van der Waals surface area contributed by atoms with Gasteiger partial charge in [0.1, 0.15) is 11.6 Å². The van der Waals surface area contributed by atoms with Gasteiger partial charge in [0.2, 0.25) is 5.82 Å². The minimum atomic E-state index is -0.530. The Kier molecular flexibility index (Phi) is 6.72. The molecule has 1 unspecified atom stereocenters. The average molecular weight is 499 g/mol. The van der Waals surface area contributed by atoms with E-state index < -0.39 is 6.04 Å². The first kappa shape index (κ1) is 24.2. The van der Waals surface area contributed by atoms with Crippen LogP contribution in [0.5, 0.6) is 5.75 Å². The molecule has 37 heavy (non-hydrogen) atoms. The zero-order valence-corrected chi connectivity index (χ0v) is 20.9. The molecule has 0 saturated heterocycles. The molecule has 0 radical (unpaired) electrons. The molecule has 4 aromatic rings. The number of amides is 2. The number of aryl methyl sites for hydroxylation is 1. The van der Waals surface area contributed by atoms with E-state index in [2.05, 4.69) is 34.5 Å². The Labute approximate surface area is 214 Å². The largest absolute Gasteiger partial charge is 0.497 e. The van der Waals surface area contributed by atoms with E-state index in [1.54, 1.807) is 24.1 Å². The van der Waals surface area contributed by atoms with Crippen molar-refractivity contribution in [2.75, 3.05) is 7.11 Å². The summed E-state index contributed by atoms with van der Waals surface area (Å²) in [6, 6.07) is 20.9. The topological polar surface area (TPSA) is 80.5 Å². The monoisotopic (exact) mass is 498 g/mol. The first-order chi connectivity index (χ1) is 18.0. The summed E-state index contributed by atoms with van der Waals surface area (Å²) in [6.45, 7) is 4.36. The molecule has 5 rings (SSSR count). The molecular weight excluding hydrogens is 471 g/mol. The summed E-state index contributed by atoms with van der Waals surface area (Å²) >= 11 is 0. The number of carbonyl (C=O) groups excluding carboxylic acids is 1. The van der Waals surface area contributed by atoms with Gasteiger partial charge in [0.25, 0.3) is 5.89 Å². The third kappa shape index (κ3) is 4.95. The molecule has 1 aliphatic rings. The molecule has 3 aromatic carbocycles. The zero-order valence-electron chi connectivity index (χ0n) is 20.9. The van der Waals surface area contributed by atoms with Gasteiger partial charge in [0.15, 0.2) is 0 Å². The van der Waals surface area contributed by atoms with Gasteiger partial charge in [-0.05, 0) is 54.3 Å². The number of carbonyl (C=O) groups is 1. The molecule has 2 heterocycles. The highest BCUT2D eigenvalue weighted by Crippen LogP contribution is 2.38. The van der Waals surface area contributed by atoms with Gasteiger partial charge >= 0.3 is 6.03 Å². The van der Waals surface area contributed by atoms with Crippen LogP contribution in [0.1, 0.15) is 42.5 Å². The van der Waals surface area contributed by atoms with Crippen LogP contribution in [0.15, 0.2) is 83.0 Å². The van der Waals surface area contributed by atoms with E-state index in [-0.39, 0.29) is 23.6 Å². The highest BCUT2D eigenvalue weighted by molar-refractivity contribution is 5.87. The van der Waals surface area contributed by atoms with Crippen molar-refractivity contribution in [3.63, 3.8) is 0 Å². The van der Waals surface area contributed by atoms with Crippen molar-refractivity contribution in [2.45, 2.75) is 32.9 Å². The molecule has 188 valence electrons. The van der Waals surface area contributed by atoms with E-state index in [1.807, 2.05) is 43.3 Å². The van der Waals surface area contributed by atoms with Crippen LogP contribution in [-0.2, 0) is 13.0 Å². The summed E-state index contributed by atoms with van der Waals surface area (Å²) in [6.07, 6.45) is 0.946. The number of methoxy groups -OCH3 is 1. The molecule has 0 spiro atoms. The highest BCUT2D eigenvalue weighted by Gasteiger charge is 2.35. The minimum Gasteiger partial charge on any atom is -0.497 e. The quantitative estimate of drug-likeness (QED) is 0.331. The number of allylic oxidation sites excluding steroid dienone is 1. The van der Waals surface area contributed by atoms with E-state index >= 15 is 0 Å². The lowest BCUT2D eigenvalue weighted by Crippen LogP contribution is -2.45. The second-order valence-corrected chi connectivity index (χ2v) is 8.84. The lowest BCUT2D eigenvalue weighted by molar-refractivity contribution is 0.203. The van der Waals surface area contributed by atoms with Crippen LogP contribution >= 0.6 is 0 Å². The predicted molar refractivity (Wildman–Crippen MR) is 138 cm³/mol. The lowest BCUT2D eigenvalue weighted by Gasteiger charge is -2.35. The SMILES string of the molecule is CCc1ccc(CN2C(=O)NC(c3ccc(OC)cc3)C(c3nc(-c4cccc(F)c4)no3)=C2C)cc1. The second kappa shape index (κ2) is 10.3. The number of rotatable bonds is 7. The standard InChI is InChI=1S/C29H27FN4O3/c1-4-19-8-10-20(11-9-19)17-34-18(2)25(26(31-29(34)35)21-12-14-24(36-3)15-13-21)28-32-27(33-37-28)22-6-5-7-23(30)16-22/h5-16,26H,4,17H2,1-3H3,(H,31,35). The Hall–Kier alpha value is -4.46. The molecule has 0 aliphatic carbocycles. The van der Waals surface area contributed by atoms with Crippen molar-refractivity contribution in [2.24, 2.45) is 0 Å². The van der Waals surface area contributed by atoms with Crippen molar-refractivity contribution in [1.82, 2.24) is 20.4 Å². The molecule has 0 bridgehead atoms. The molecule has 7 nitrogen and oxygen atoms in total. The number of aromatic nitrogens is 2. The lowest BCUT2D eigenvalue weighted by atomic mass is 9.94. The van der Waals surface area contributed by atoms with Gasteiger partial charge < -0.3 is 14.6 Å². The number of hydrogen-bond acceptors (Lipinski definition) is 5. The highest BCUT2D eigenvalue weighted by atomic mass is 19.1. The minimum absolute atomic E-state index is 0.230. The van der Waals surface area contributed by atoms with Crippen LogP contribution in [0.4, 0.5) is 9.18 Å². The fraction of sp³-hybridized carbons (Fsp3) is 0.207. The first-order valence-electron chi connectivity index (χ1n) is 12.1. The van der Waals surface area contributed by atoms with Gasteiger partial charge in [-0.3, -0.25) is 4.90 Å². The number of nitrogens with one attached hydrogen (secondary N) is 1. The van der Waals surface area contributed by atoms with Gasteiger partial charge in [-0.25, -0.2) is 9.18 Å². The van der Waals surface area contributed by atoms with E-state index in [0.29, 0.717) is 29.1 Å². The molecule has 8 heteroatoms. The maximum atomic E-state index is 13.8. The number of ether oxygens (including phenoxy) is 1. The molecule has 2 amide bonds. The number of hydrogen-bond donors (Lipinski definition) is 1. The molecule has 0 fully saturated rings.